The van der Waals surface area contributed by atoms with Crippen molar-refractivity contribution in [3.63, 3.8) is 0 Å². The van der Waals surface area contributed by atoms with Crippen molar-refractivity contribution < 1.29 is 0 Å². The summed E-state index contributed by atoms with van der Waals surface area (Å²) in [6, 6.07) is 10.2. The van der Waals surface area contributed by atoms with E-state index < -0.39 is 0 Å². The van der Waals surface area contributed by atoms with Crippen molar-refractivity contribution in [3.05, 3.63) is 29.8 Å². The third-order valence-corrected chi connectivity index (χ3v) is 3.64. The molecule has 1 N–H and O–H groups in total. The predicted octanol–water partition coefficient (Wildman–Crippen LogP) is 4.09. The number of nitrogens with zero attached hydrogens (tertiary/aromatic N) is 4. The van der Waals surface area contributed by atoms with Crippen molar-refractivity contribution in [1.29, 1.82) is 5.26 Å². The minimum atomic E-state index is 0.242. The van der Waals surface area contributed by atoms with Gasteiger partial charge in [-0.3, -0.25) is 5.01 Å². The molecule has 1 rings (SSSR count). The van der Waals surface area contributed by atoms with Crippen LogP contribution in [-0.4, -0.2) is 30.7 Å². The molecule has 0 amide bonds. The lowest BCUT2D eigenvalue weighted by Gasteiger charge is -2.19. The van der Waals surface area contributed by atoms with Crippen LogP contribution in [0.4, 0.5) is 5.69 Å². The molecule has 0 heterocycles. The third-order valence-electron chi connectivity index (χ3n) is 3.64. The molecule has 0 aliphatic carbocycles. The largest absolute Gasteiger partial charge is 0.382 e. The van der Waals surface area contributed by atoms with Crippen molar-refractivity contribution in [1.82, 2.24) is 5.01 Å². The second kappa shape index (κ2) is 9.04. The highest BCUT2D eigenvalue weighted by molar-refractivity contribution is 5.49. The minimum absolute atomic E-state index is 0.242. The average Bonchev–Trinajstić information content (AvgIpc) is 2.50. The zero-order valence-electron chi connectivity index (χ0n) is 14.2. The monoisotopic (exact) mass is 301 g/mol. The van der Waals surface area contributed by atoms with Gasteiger partial charge in [0.2, 0.25) is 0 Å². The van der Waals surface area contributed by atoms with Crippen LogP contribution < -0.4 is 5.32 Å². The van der Waals surface area contributed by atoms with Gasteiger partial charge in [-0.2, -0.15) is 10.4 Å². The van der Waals surface area contributed by atoms with E-state index in [0.29, 0.717) is 17.5 Å². The van der Waals surface area contributed by atoms with Gasteiger partial charge < -0.3 is 5.32 Å². The number of hydrogen-bond acceptors (Lipinski definition) is 4. The van der Waals surface area contributed by atoms with Gasteiger partial charge in [-0.05, 0) is 44.4 Å². The zero-order valence-corrected chi connectivity index (χ0v) is 14.2. The van der Waals surface area contributed by atoms with Crippen LogP contribution in [0.5, 0.6) is 0 Å². The van der Waals surface area contributed by atoms with Gasteiger partial charge in [-0.1, -0.05) is 25.1 Å². The summed E-state index contributed by atoms with van der Waals surface area (Å²) in [5, 5.41) is 22.7. The Morgan fingerprint density at radius 2 is 2.00 bits per heavy atom. The van der Waals surface area contributed by atoms with Crippen LogP contribution in [0.25, 0.3) is 0 Å². The first-order valence-electron chi connectivity index (χ1n) is 7.81. The predicted molar refractivity (Wildman–Crippen MR) is 90.6 cm³/mol. The maximum absolute atomic E-state index is 8.91. The smallest absolute Gasteiger partial charge is 0.0992 e. The number of hydrogen-bond donors (Lipinski definition) is 1. The molecule has 120 valence electrons. The van der Waals surface area contributed by atoms with Crippen molar-refractivity contribution in [3.8, 4) is 6.07 Å². The first kappa shape index (κ1) is 18.0. The Hall–Kier alpha value is -2.09. The van der Waals surface area contributed by atoms with Crippen molar-refractivity contribution >= 4 is 5.69 Å². The first-order valence-corrected chi connectivity index (χ1v) is 7.81. The number of benzene rings is 1. The molecule has 1 aromatic carbocycles. The zero-order chi connectivity index (χ0) is 16.5. The Morgan fingerprint density at radius 3 is 2.64 bits per heavy atom. The maximum Gasteiger partial charge on any atom is 0.0992 e. The van der Waals surface area contributed by atoms with Gasteiger partial charge in [0, 0.05) is 25.3 Å². The van der Waals surface area contributed by atoms with E-state index in [1.165, 1.54) is 0 Å². The molecular formula is C17H27N5. The van der Waals surface area contributed by atoms with Crippen LogP contribution in [-0.2, 0) is 0 Å². The second-order valence-corrected chi connectivity index (χ2v) is 6.10. The highest BCUT2D eigenvalue weighted by Gasteiger charge is 2.06. The topological polar surface area (TPSA) is 63.8 Å². The van der Waals surface area contributed by atoms with Crippen LogP contribution in [0.15, 0.2) is 34.6 Å². The van der Waals surface area contributed by atoms with Gasteiger partial charge in [-0.25, -0.2) is 0 Å². The van der Waals surface area contributed by atoms with E-state index in [-0.39, 0.29) is 6.04 Å². The fraction of sp³-hybridized carbons (Fsp3) is 0.588. The summed E-state index contributed by atoms with van der Waals surface area (Å²) in [5.74, 6) is 0.505. The van der Waals surface area contributed by atoms with Crippen LogP contribution >= 0.6 is 0 Å². The van der Waals surface area contributed by atoms with Gasteiger partial charge in [0.25, 0.3) is 0 Å². The van der Waals surface area contributed by atoms with Crippen LogP contribution in [0.2, 0.25) is 0 Å². The van der Waals surface area contributed by atoms with Gasteiger partial charge in [0.05, 0.1) is 17.7 Å². The molecule has 0 aliphatic rings. The first-order chi connectivity index (χ1) is 10.4. The summed E-state index contributed by atoms with van der Waals surface area (Å²) in [6.07, 6.45) is 0.947. The highest BCUT2D eigenvalue weighted by Crippen LogP contribution is 2.12. The molecule has 0 aromatic heterocycles. The SMILES string of the molecule is CC(CCN(C)N=NC(C)C(C)C)Nc1cccc(C#N)c1. The van der Waals surface area contributed by atoms with E-state index in [0.717, 1.165) is 18.7 Å². The molecule has 5 heteroatoms. The summed E-state index contributed by atoms with van der Waals surface area (Å²) in [7, 11) is 1.94. The van der Waals surface area contributed by atoms with E-state index in [4.69, 9.17) is 5.26 Å². The minimum Gasteiger partial charge on any atom is -0.382 e. The van der Waals surface area contributed by atoms with E-state index >= 15 is 0 Å². The average molecular weight is 301 g/mol. The molecule has 2 atom stereocenters. The quantitative estimate of drug-likeness (QED) is 0.581. The molecule has 0 aliphatic heterocycles. The number of rotatable bonds is 8. The number of nitriles is 1. The van der Waals surface area contributed by atoms with E-state index in [9.17, 15) is 0 Å². The van der Waals surface area contributed by atoms with Crippen LogP contribution in [0.3, 0.4) is 0 Å². The normalized spacial score (nSPS) is 13.9. The molecule has 1 aromatic rings. The summed E-state index contributed by atoms with van der Waals surface area (Å²) in [5.41, 5.74) is 1.65. The van der Waals surface area contributed by atoms with Crippen LogP contribution in [0.1, 0.15) is 39.7 Å². The molecule has 5 nitrogen and oxygen atoms in total. The maximum atomic E-state index is 8.91. The fourth-order valence-electron chi connectivity index (χ4n) is 1.76. The van der Waals surface area contributed by atoms with Gasteiger partial charge in [-0.15, -0.1) is 0 Å². The molecular weight excluding hydrogens is 274 g/mol. The Bertz CT molecular complexity index is 518. The standard InChI is InChI=1S/C17H27N5/c1-13(2)15(4)20-21-22(5)10-9-14(3)19-17-8-6-7-16(11-17)12-18/h6-8,11,13-15,19H,9-10H2,1-5H3. The van der Waals surface area contributed by atoms with E-state index in [1.54, 1.807) is 6.07 Å². The van der Waals surface area contributed by atoms with Crippen molar-refractivity contribution in [2.45, 2.75) is 46.2 Å². The molecule has 2 unspecified atom stereocenters. The molecule has 0 fully saturated rings. The Labute approximate surface area is 134 Å². The molecule has 22 heavy (non-hydrogen) atoms. The van der Waals surface area contributed by atoms with Crippen LogP contribution in [0, 0.1) is 17.2 Å². The van der Waals surface area contributed by atoms with Crippen molar-refractivity contribution in [2.24, 2.45) is 16.3 Å². The summed E-state index contributed by atoms with van der Waals surface area (Å²) < 4.78 is 0. The number of anilines is 1. The Balaban J connectivity index is 2.39. The third kappa shape index (κ3) is 6.57. The van der Waals surface area contributed by atoms with Crippen molar-refractivity contribution in [2.75, 3.05) is 18.9 Å². The van der Waals surface area contributed by atoms with Gasteiger partial charge >= 0.3 is 0 Å². The fourth-order valence-corrected chi connectivity index (χ4v) is 1.76. The summed E-state index contributed by atoms with van der Waals surface area (Å²) in [4.78, 5) is 0. The van der Waals surface area contributed by atoms with Gasteiger partial charge in [0.15, 0.2) is 0 Å². The summed E-state index contributed by atoms with van der Waals surface area (Å²) >= 11 is 0. The summed E-state index contributed by atoms with van der Waals surface area (Å²) in [6.45, 7) is 9.33. The lowest BCUT2D eigenvalue weighted by Crippen LogP contribution is -2.22. The van der Waals surface area contributed by atoms with Gasteiger partial charge in [0.1, 0.15) is 0 Å². The highest BCUT2D eigenvalue weighted by atomic mass is 15.5. The van der Waals surface area contributed by atoms with E-state index in [2.05, 4.69) is 49.4 Å². The van der Waals surface area contributed by atoms with E-state index in [1.807, 2.05) is 30.3 Å². The lowest BCUT2D eigenvalue weighted by atomic mass is 10.1. The molecule has 0 saturated heterocycles. The lowest BCUT2D eigenvalue weighted by molar-refractivity contribution is 0.302. The second-order valence-electron chi connectivity index (χ2n) is 6.10. The Kier molecular flexibility index (Phi) is 7.38. The molecule has 0 bridgehead atoms. The number of nitrogens with one attached hydrogen (secondary N) is 1. The molecule has 0 radical (unpaired) electrons. The molecule has 0 spiro atoms. The Morgan fingerprint density at radius 1 is 1.27 bits per heavy atom. The molecule has 0 saturated carbocycles.